The van der Waals surface area contributed by atoms with Gasteiger partial charge in [0.2, 0.25) is 5.91 Å². The van der Waals surface area contributed by atoms with Crippen molar-refractivity contribution >= 4 is 5.91 Å². The van der Waals surface area contributed by atoms with Crippen LogP contribution < -0.4 is 5.32 Å². The van der Waals surface area contributed by atoms with Gasteiger partial charge < -0.3 is 10.2 Å². The number of carbonyl (C=O) groups is 1. The fraction of sp³-hybridized carbons (Fsp3) is 0.333. The summed E-state index contributed by atoms with van der Waals surface area (Å²) in [5.41, 5.74) is 0.796. The summed E-state index contributed by atoms with van der Waals surface area (Å²) in [7, 11) is 3.44. The number of rotatable bonds is 7. The molecule has 1 aromatic carbocycles. The summed E-state index contributed by atoms with van der Waals surface area (Å²) in [6.07, 6.45) is 2.47. The Balaban J connectivity index is 1.95. The highest BCUT2D eigenvalue weighted by atomic mass is 19.1. The largest absolute Gasteiger partial charge is 0.354 e. The number of hydrogen-bond donors (Lipinski definition) is 1. The number of nitrogens with one attached hydrogen (secondary N) is 1. The lowest BCUT2D eigenvalue weighted by atomic mass is 10.0. The molecule has 1 amide bonds. The summed E-state index contributed by atoms with van der Waals surface area (Å²) in [5, 5.41) is 2.75. The van der Waals surface area contributed by atoms with E-state index in [9.17, 15) is 13.6 Å². The number of aryl methyl sites for hydroxylation is 1. The zero-order valence-corrected chi connectivity index (χ0v) is 13.8. The molecule has 128 valence electrons. The van der Waals surface area contributed by atoms with Crippen molar-refractivity contribution in [2.24, 2.45) is 0 Å². The molecular weight excluding hydrogens is 312 g/mol. The highest BCUT2D eigenvalue weighted by molar-refractivity contribution is 5.76. The number of likely N-dealkylation sites (N-methyl/N-ethyl adjacent to an activating group) is 1. The number of hydrogen-bond acceptors (Lipinski definition) is 3. The topological polar surface area (TPSA) is 45.2 Å². The van der Waals surface area contributed by atoms with E-state index in [0.717, 1.165) is 5.69 Å². The van der Waals surface area contributed by atoms with Gasteiger partial charge in [-0.15, -0.1) is 0 Å². The molecule has 2 aromatic rings. The van der Waals surface area contributed by atoms with E-state index in [0.29, 0.717) is 6.42 Å². The molecule has 1 atom stereocenters. The molecule has 24 heavy (non-hydrogen) atoms. The van der Waals surface area contributed by atoms with E-state index in [1.807, 2.05) is 18.2 Å². The number of nitrogens with zero attached hydrogens (tertiary/aromatic N) is 2. The van der Waals surface area contributed by atoms with Gasteiger partial charge in [0.15, 0.2) is 0 Å². The van der Waals surface area contributed by atoms with Crippen molar-refractivity contribution in [3.05, 3.63) is 65.5 Å². The lowest BCUT2D eigenvalue weighted by Crippen LogP contribution is -2.35. The van der Waals surface area contributed by atoms with Gasteiger partial charge in [-0.2, -0.15) is 0 Å². The minimum absolute atomic E-state index is 0.0347. The molecule has 1 aromatic heterocycles. The van der Waals surface area contributed by atoms with Crippen LogP contribution in [0.15, 0.2) is 42.6 Å². The number of amides is 1. The number of aromatic nitrogens is 1. The maximum absolute atomic E-state index is 14.0. The van der Waals surface area contributed by atoms with Crippen LogP contribution in [0.5, 0.6) is 0 Å². The minimum Gasteiger partial charge on any atom is -0.354 e. The summed E-state index contributed by atoms with van der Waals surface area (Å²) in [6.45, 7) is 0.131. The van der Waals surface area contributed by atoms with Gasteiger partial charge in [-0.3, -0.25) is 9.78 Å². The number of pyridine rings is 1. The first-order valence-corrected chi connectivity index (χ1v) is 7.76. The van der Waals surface area contributed by atoms with E-state index in [-0.39, 0.29) is 24.4 Å². The van der Waals surface area contributed by atoms with Gasteiger partial charge in [-0.25, -0.2) is 8.78 Å². The zero-order chi connectivity index (χ0) is 17.5. The molecular formula is C18H21F2N3O. The third-order valence-corrected chi connectivity index (χ3v) is 3.78. The first-order chi connectivity index (χ1) is 11.5. The fourth-order valence-electron chi connectivity index (χ4n) is 2.46. The molecule has 0 fully saturated rings. The van der Waals surface area contributed by atoms with Crippen LogP contribution in [0.25, 0.3) is 0 Å². The van der Waals surface area contributed by atoms with E-state index in [4.69, 9.17) is 0 Å². The van der Waals surface area contributed by atoms with Crippen molar-refractivity contribution in [2.45, 2.75) is 18.9 Å². The molecule has 0 bridgehead atoms. The maximum Gasteiger partial charge on any atom is 0.220 e. The van der Waals surface area contributed by atoms with E-state index in [1.165, 1.54) is 18.2 Å². The van der Waals surface area contributed by atoms with Gasteiger partial charge >= 0.3 is 0 Å². The molecule has 6 heteroatoms. The molecule has 0 saturated carbocycles. The predicted molar refractivity (Wildman–Crippen MR) is 88.4 cm³/mol. The van der Waals surface area contributed by atoms with E-state index >= 15 is 0 Å². The molecule has 2 rings (SSSR count). The molecule has 4 nitrogen and oxygen atoms in total. The lowest BCUT2D eigenvalue weighted by molar-refractivity contribution is -0.121. The van der Waals surface area contributed by atoms with E-state index in [1.54, 1.807) is 25.2 Å². The molecule has 0 aliphatic carbocycles. The quantitative estimate of drug-likeness (QED) is 0.847. The van der Waals surface area contributed by atoms with Crippen molar-refractivity contribution in [3.8, 4) is 0 Å². The van der Waals surface area contributed by atoms with Crippen molar-refractivity contribution < 1.29 is 13.6 Å². The Hall–Kier alpha value is -2.34. The van der Waals surface area contributed by atoms with Crippen molar-refractivity contribution in [1.29, 1.82) is 0 Å². The van der Waals surface area contributed by atoms with Gasteiger partial charge in [0.25, 0.3) is 0 Å². The van der Waals surface area contributed by atoms with Gasteiger partial charge in [0.1, 0.15) is 11.6 Å². The fourth-order valence-corrected chi connectivity index (χ4v) is 2.46. The first-order valence-electron chi connectivity index (χ1n) is 7.76. The molecule has 1 N–H and O–H groups in total. The van der Waals surface area contributed by atoms with E-state index < -0.39 is 17.7 Å². The summed E-state index contributed by atoms with van der Waals surface area (Å²) in [4.78, 5) is 17.8. The summed E-state index contributed by atoms with van der Waals surface area (Å²) in [5.74, 6) is -1.41. The minimum atomic E-state index is -0.614. The molecule has 0 aliphatic rings. The molecule has 1 unspecified atom stereocenters. The van der Waals surface area contributed by atoms with E-state index in [2.05, 4.69) is 10.3 Å². The third-order valence-electron chi connectivity index (χ3n) is 3.78. The Morgan fingerprint density at radius 1 is 1.17 bits per heavy atom. The van der Waals surface area contributed by atoms with Crippen LogP contribution in [-0.2, 0) is 11.2 Å². The SMILES string of the molecule is CN(C)C(CNC(=O)CCc1ccccn1)c1c(F)cccc1F. The Morgan fingerprint density at radius 2 is 1.88 bits per heavy atom. The van der Waals surface area contributed by atoms with Crippen LogP contribution >= 0.6 is 0 Å². The average Bonchev–Trinajstić information content (AvgIpc) is 2.56. The Labute approximate surface area is 140 Å². The Kier molecular flexibility index (Phi) is 6.37. The highest BCUT2D eigenvalue weighted by Gasteiger charge is 2.22. The molecule has 0 spiro atoms. The lowest BCUT2D eigenvalue weighted by Gasteiger charge is -2.25. The van der Waals surface area contributed by atoms with Crippen LogP contribution in [0.2, 0.25) is 0 Å². The van der Waals surface area contributed by atoms with Crippen LogP contribution in [-0.4, -0.2) is 36.4 Å². The molecule has 0 aliphatic heterocycles. The Morgan fingerprint density at radius 3 is 2.46 bits per heavy atom. The van der Waals surface area contributed by atoms with Crippen LogP contribution in [0.1, 0.15) is 23.7 Å². The van der Waals surface area contributed by atoms with Crippen LogP contribution in [0, 0.1) is 11.6 Å². The Bertz CT molecular complexity index is 657. The number of benzene rings is 1. The van der Waals surface area contributed by atoms with Gasteiger partial charge in [-0.05, 0) is 44.8 Å². The second-order valence-electron chi connectivity index (χ2n) is 5.74. The van der Waals surface area contributed by atoms with Crippen molar-refractivity contribution in [1.82, 2.24) is 15.2 Å². The number of halogens is 2. The third kappa shape index (κ3) is 4.83. The smallest absolute Gasteiger partial charge is 0.220 e. The zero-order valence-electron chi connectivity index (χ0n) is 13.8. The summed E-state index contributed by atoms with van der Waals surface area (Å²) in [6, 6.07) is 8.72. The van der Waals surface area contributed by atoms with Crippen LogP contribution in [0.3, 0.4) is 0 Å². The van der Waals surface area contributed by atoms with Gasteiger partial charge in [0.05, 0.1) is 6.04 Å². The predicted octanol–water partition coefficient (Wildman–Crippen LogP) is 2.71. The van der Waals surface area contributed by atoms with Crippen molar-refractivity contribution in [2.75, 3.05) is 20.6 Å². The second kappa shape index (κ2) is 8.49. The normalized spacial score (nSPS) is 12.2. The summed E-state index contributed by atoms with van der Waals surface area (Å²) >= 11 is 0. The standard InChI is InChI=1S/C18H21F2N3O/c1-23(2)16(18-14(19)7-5-8-15(18)20)12-22-17(24)10-9-13-6-3-4-11-21-13/h3-8,11,16H,9-10,12H2,1-2H3,(H,22,24). The molecule has 0 saturated heterocycles. The number of carbonyl (C=O) groups excluding carboxylic acids is 1. The summed E-state index contributed by atoms with van der Waals surface area (Å²) < 4.78 is 27.9. The first kappa shape index (κ1) is 18.0. The van der Waals surface area contributed by atoms with Crippen molar-refractivity contribution in [3.63, 3.8) is 0 Å². The maximum atomic E-state index is 14.0. The monoisotopic (exact) mass is 333 g/mol. The second-order valence-corrected chi connectivity index (χ2v) is 5.74. The average molecular weight is 333 g/mol. The molecule has 1 heterocycles. The van der Waals surface area contributed by atoms with Gasteiger partial charge in [0, 0.05) is 30.4 Å². The van der Waals surface area contributed by atoms with Crippen LogP contribution in [0.4, 0.5) is 8.78 Å². The molecule has 0 radical (unpaired) electrons. The van der Waals surface area contributed by atoms with Gasteiger partial charge in [-0.1, -0.05) is 12.1 Å². The highest BCUT2D eigenvalue weighted by Crippen LogP contribution is 2.23.